The van der Waals surface area contributed by atoms with E-state index in [0.29, 0.717) is 0 Å². The standard InChI is InChI=1S/C10H20N2O3/c1-2-10(4-3-5-11-10)9(15)12-8(6-13)7-14/h8,11,13-14H,2-7H2,1H3,(H,12,15). The van der Waals surface area contributed by atoms with Crippen LogP contribution in [0.3, 0.4) is 0 Å². The number of rotatable bonds is 5. The highest BCUT2D eigenvalue weighted by molar-refractivity contribution is 5.86. The molecule has 1 aliphatic rings. The van der Waals surface area contributed by atoms with Crippen molar-refractivity contribution in [3.05, 3.63) is 0 Å². The van der Waals surface area contributed by atoms with Crippen LogP contribution in [0.25, 0.3) is 0 Å². The SMILES string of the molecule is CCC1(C(=O)NC(CO)CO)CCCN1. The Morgan fingerprint density at radius 2 is 2.20 bits per heavy atom. The van der Waals surface area contributed by atoms with Crippen molar-refractivity contribution in [1.82, 2.24) is 10.6 Å². The summed E-state index contributed by atoms with van der Waals surface area (Å²) in [7, 11) is 0. The molecule has 0 saturated carbocycles. The lowest BCUT2D eigenvalue weighted by Crippen LogP contribution is -2.56. The minimum Gasteiger partial charge on any atom is -0.394 e. The van der Waals surface area contributed by atoms with E-state index in [4.69, 9.17) is 10.2 Å². The predicted molar refractivity (Wildman–Crippen MR) is 56.4 cm³/mol. The lowest BCUT2D eigenvalue weighted by molar-refractivity contribution is -0.128. The molecule has 5 nitrogen and oxygen atoms in total. The summed E-state index contributed by atoms with van der Waals surface area (Å²) in [6.07, 6.45) is 2.53. The summed E-state index contributed by atoms with van der Waals surface area (Å²) in [5, 5.41) is 23.6. The van der Waals surface area contributed by atoms with E-state index in [1.165, 1.54) is 0 Å². The molecule has 15 heavy (non-hydrogen) atoms. The number of carbonyl (C=O) groups is 1. The average molecular weight is 216 g/mol. The molecule has 0 spiro atoms. The van der Waals surface area contributed by atoms with Gasteiger partial charge in [0.1, 0.15) is 0 Å². The summed E-state index contributed by atoms with van der Waals surface area (Å²) in [6, 6.07) is -0.552. The maximum absolute atomic E-state index is 11.9. The second kappa shape index (κ2) is 5.44. The largest absolute Gasteiger partial charge is 0.394 e. The number of aliphatic hydroxyl groups excluding tert-OH is 2. The third-order valence-corrected chi connectivity index (χ3v) is 3.06. The molecular weight excluding hydrogens is 196 g/mol. The Hall–Kier alpha value is -0.650. The van der Waals surface area contributed by atoms with Crippen LogP contribution in [-0.4, -0.2) is 47.5 Å². The van der Waals surface area contributed by atoms with Crippen LogP contribution in [0.4, 0.5) is 0 Å². The molecule has 1 unspecified atom stereocenters. The first-order chi connectivity index (χ1) is 7.18. The van der Waals surface area contributed by atoms with Crippen molar-refractivity contribution in [2.75, 3.05) is 19.8 Å². The van der Waals surface area contributed by atoms with Crippen molar-refractivity contribution in [3.63, 3.8) is 0 Å². The molecule has 1 atom stereocenters. The Kier molecular flexibility index (Phi) is 4.50. The van der Waals surface area contributed by atoms with E-state index in [-0.39, 0.29) is 19.1 Å². The normalized spacial score (nSPS) is 25.9. The molecule has 1 aliphatic heterocycles. The van der Waals surface area contributed by atoms with Gasteiger partial charge in [0.05, 0.1) is 24.8 Å². The number of amides is 1. The topological polar surface area (TPSA) is 81.6 Å². The minimum absolute atomic E-state index is 0.115. The van der Waals surface area contributed by atoms with Crippen molar-refractivity contribution in [2.24, 2.45) is 0 Å². The maximum atomic E-state index is 11.9. The molecule has 0 aromatic rings. The fraction of sp³-hybridized carbons (Fsp3) is 0.900. The molecule has 1 rings (SSSR count). The molecule has 1 heterocycles. The van der Waals surface area contributed by atoms with Crippen LogP contribution in [0.2, 0.25) is 0 Å². The van der Waals surface area contributed by atoms with Crippen molar-refractivity contribution in [3.8, 4) is 0 Å². The van der Waals surface area contributed by atoms with Gasteiger partial charge in [0.25, 0.3) is 0 Å². The van der Waals surface area contributed by atoms with Gasteiger partial charge in [0.15, 0.2) is 0 Å². The third-order valence-electron chi connectivity index (χ3n) is 3.06. The van der Waals surface area contributed by atoms with Gasteiger partial charge in [-0.25, -0.2) is 0 Å². The molecule has 1 saturated heterocycles. The first-order valence-corrected chi connectivity index (χ1v) is 5.46. The van der Waals surface area contributed by atoms with Crippen molar-refractivity contribution in [2.45, 2.75) is 37.8 Å². The lowest BCUT2D eigenvalue weighted by Gasteiger charge is -2.28. The van der Waals surface area contributed by atoms with E-state index in [1.807, 2.05) is 6.92 Å². The highest BCUT2D eigenvalue weighted by Gasteiger charge is 2.39. The molecule has 1 fully saturated rings. The zero-order chi connectivity index (χ0) is 11.3. The van der Waals surface area contributed by atoms with Crippen LogP contribution < -0.4 is 10.6 Å². The first-order valence-electron chi connectivity index (χ1n) is 5.46. The molecule has 0 aromatic heterocycles. The molecule has 4 N–H and O–H groups in total. The minimum atomic E-state index is -0.552. The summed E-state index contributed by atoms with van der Waals surface area (Å²) >= 11 is 0. The second-order valence-corrected chi connectivity index (χ2v) is 4.00. The third kappa shape index (κ3) is 2.68. The van der Waals surface area contributed by atoms with Crippen LogP contribution in [0.1, 0.15) is 26.2 Å². The highest BCUT2D eigenvalue weighted by Crippen LogP contribution is 2.23. The van der Waals surface area contributed by atoms with E-state index >= 15 is 0 Å². The quantitative estimate of drug-likeness (QED) is 0.474. The maximum Gasteiger partial charge on any atom is 0.240 e. The Morgan fingerprint density at radius 3 is 2.60 bits per heavy atom. The zero-order valence-electron chi connectivity index (χ0n) is 9.12. The van der Waals surface area contributed by atoms with Gasteiger partial charge in [-0.1, -0.05) is 6.92 Å². The number of aliphatic hydroxyl groups is 2. The van der Waals surface area contributed by atoms with Crippen LogP contribution >= 0.6 is 0 Å². The molecule has 0 aliphatic carbocycles. The van der Waals surface area contributed by atoms with Gasteiger partial charge in [0, 0.05) is 0 Å². The smallest absolute Gasteiger partial charge is 0.240 e. The molecule has 0 radical (unpaired) electrons. The lowest BCUT2D eigenvalue weighted by atomic mass is 9.93. The van der Waals surface area contributed by atoms with Gasteiger partial charge in [-0.3, -0.25) is 4.79 Å². The van der Waals surface area contributed by atoms with Crippen molar-refractivity contribution in [1.29, 1.82) is 0 Å². The fourth-order valence-electron chi connectivity index (χ4n) is 1.93. The molecule has 5 heteroatoms. The van der Waals surface area contributed by atoms with E-state index in [1.54, 1.807) is 0 Å². The van der Waals surface area contributed by atoms with E-state index < -0.39 is 11.6 Å². The fourth-order valence-corrected chi connectivity index (χ4v) is 1.93. The summed E-state index contributed by atoms with van der Waals surface area (Å²) in [5.74, 6) is -0.115. The summed E-state index contributed by atoms with van der Waals surface area (Å²) in [6.45, 7) is 2.35. The van der Waals surface area contributed by atoms with Gasteiger partial charge < -0.3 is 20.8 Å². The van der Waals surface area contributed by atoms with Crippen molar-refractivity contribution >= 4 is 5.91 Å². The summed E-state index contributed by atoms with van der Waals surface area (Å²) in [5.41, 5.74) is -0.497. The van der Waals surface area contributed by atoms with Gasteiger partial charge >= 0.3 is 0 Å². The van der Waals surface area contributed by atoms with E-state index in [9.17, 15) is 4.79 Å². The van der Waals surface area contributed by atoms with E-state index in [2.05, 4.69) is 10.6 Å². The van der Waals surface area contributed by atoms with Gasteiger partial charge in [-0.2, -0.15) is 0 Å². The zero-order valence-corrected chi connectivity index (χ0v) is 9.12. The Balaban J connectivity index is 2.57. The highest BCUT2D eigenvalue weighted by atomic mass is 16.3. The molecular formula is C10H20N2O3. The number of carbonyl (C=O) groups excluding carboxylic acids is 1. The van der Waals surface area contributed by atoms with Gasteiger partial charge in [-0.05, 0) is 25.8 Å². The molecule has 0 bridgehead atoms. The Labute approximate surface area is 89.9 Å². The van der Waals surface area contributed by atoms with Gasteiger partial charge in [0.2, 0.25) is 5.91 Å². The van der Waals surface area contributed by atoms with Gasteiger partial charge in [-0.15, -0.1) is 0 Å². The number of hydrogen-bond acceptors (Lipinski definition) is 4. The summed E-state index contributed by atoms with van der Waals surface area (Å²) in [4.78, 5) is 11.9. The van der Waals surface area contributed by atoms with Crippen LogP contribution in [0.5, 0.6) is 0 Å². The monoisotopic (exact) mass is 216 g/mol. The molecule has 0 aromatic carbocycles. The average Bonchev–Trinajstić information content (AvgIpc) is 2.75. The molecule has 1 amide bonds. The Bertz CT molecular complexity index is 211. The van der Waals surface area contributed by atoms with Crippen molar-refractivity contribution < 1.29 is 15.0 Å². The van der Waals surface area contributed by atoms with Crippen LogP contribution in [0, 0.1) is 0 Å². The van der Waals surface area contributed by atoms with Crippen LogP contribution in [-0.2, 0) is 4.79 Å². The first kappa shape index (κ1) is 12.4. The number of nitrogens with one attached hydrogen (secondary N) is 2. The van der Waals surface area contributed by atoms with Crippen LogP contribution in [0.15, 0.2) is 0 Å². The predicted octanol–water partition coefficient (Wildman–Crippen LogP) is -1.01. The second-order valence-electron chi connectivity index (χ2n) is 4.00. The molecule has 88 valence electrons. The Morgan fingerprint density at radius 1 is 1.53 bits per heavy atom. The summed E-state index contributed by atoms with van der Waals surface area (Å²) < 4.78 is 0. The van der Waals surface area contributed by atoms with E-state index in [0.717, 1.165) is 25.8 Å². The number of hydrogen-bond donors (Lipinski definition) is 4.